The SMILES string of the molecule is O=C(c1ccccc1)C1CCN(C[C@@H](O)c2ccccc2)CC1. The lowest BCUT2D eigenvalue weighted by Crippen LogP contribution is -2.38. The summed E-state index contributed by atoms with van der Waals surface area (Å²) in [6.07, 6.45) is 1.28. The van der Waals surface area contributed by atoms with Crippen molar-refractivity contribution in [3.05, 3.63) is 71.8 Å². The smallest absolute Gasteiger partial charge is 0.166 e. The Kier molecular flexibility index (Phi) is 5.21. The molecule has 1 atom stereocenters. The highest BCUT2D eigenvalue weighted by molar-refractivity contribution is 5.97. The molecule has 3 heteroatoms. The van der Waals surface area contributed by atoms with Crippen molar-refractivity contribution in [2.24, 2.45) is 5.92 Å². The van der Waals surface area contributed by atoms with Gasteiger partial charge in [0.1, 0.15) is 0 Å². The third-order valence-corrected chi connectivity index (χ3v) is 4.63. The van der Waals surface area contributed by atoms with Crippen LogP contribution in [0.1, 0.15) is 34.9 Å². The average Bonchev–Trinajstić information content (AvgIpc) is 2.63. The summed E-state index contributed by atoms with van der Waals surface area (Å²) in [7, 11) is 0. The van der Waals surface area contributed by atoms with Crippen molar-refractivity contribution in [1.29, 1.82) is 0 Å². The van der Waals surface area contributed by atoms with Gasteiger partial charge in [-0.1, -0.05) is 60.7 Å². The Morgan fingerprint density at radius 3 is 2.17 bits per heavy atom. The first kappa shape index (κ1) is 15.9. The molecule has 1 fully saturated rings. The van der Waals surface area contributed by atoms with Gasteiger partial charge < -0.3 is 10.0 Å². The summed E-state index contributed by atoms with van der Waals surface area (Å²) in [5.74, 6) is 0.372. The van der Waals surface area contributed by atoms with E-state index in [0.29, 0.717) is 6.54 Å². The van der Waals surface area contributed by atoms with E-state index in [1.54, 1.807) is 0 Å². The Bertz CT molecular complexity index is 619. The third-order valence-electron chi connectivity index (χ3n) is 4.63. The highest BCUT2D eigenvalue weighted by Crippen LogP contribution is 2.23. The Morgan fingerprint density at radius 2 is 1.57 bits per heavy atom. The monoisotopic (exact) mass is 309 g/mol. The average molecular weight is 309 g/mol. The second-order valence-electron chi connectivity index (χ2n) is 6.23. The topological polar surface area (TPSA) is 40.5 Å². The van der Waals surface area contributed by atoms with E-state index in [4.69, 9.17) is 0 Å². The molecule has 0 unspecified atom stereocenters. The number of piperidine rings is 1. The molecule has 0 amide bonds. The molecule has 0 bridgehead atoms. The van der Waals surface area contributed by atoms with Crippen LogP contribution in [0.4, 0.5) is 0 Å². The van der Waals surface area contributed by atoms with Gasteiger partial charge in [0.25, 0.3) is 0 Å². The first-order valence-electron chi connectivity index (χ1n) is 8.28. The normalized spacial score (nSPS) is 17.8. The molecule has 1 aliphatic heterocycles. The van der Waals surface area contributed by atoms with Crippen LogP contribution in [0, 0.1) is 5.92 Å². The van der Waals surface area contributed by atoms with Gasteiger partial charge in [0.05, 0.1) is 6.10 Å². The molecule has 1 N–H and O–H groups in total. The molecule has 3 nitrogen and oxygen atoms in total. The number of carbonyl (C=O) groups excluding carboxylic acids is 1. The Morgan fingerprint density at radius 1 is 1.00 bits per heavy atom. The predicted octanol–water partition coefficient (Wildman–Crippen LogP) is 3.31. The van der Waals surface area contributed by atoms with Gasteiger partial charge in [-0.3, -0.25) is 4.79 Å². The first-order chi connectivity index (χ1) is 11.2. The van der Waals surface area contributed by atoms with Gasteiger partial charge in [0.15, 0.2) is 5.78 Å². The molecule has 1 heterocycles. The Hall–Kier alpha value is -1.97. The molecule has 1 aliphatic rings. The van der Waals surface area contributed by atoms with Crippen molar-refractivity contribution >= 4 is 5.78 Å². The van der Waals surface area contributed by atoms with Gasteiger partial charge in [-0.25, -0.2) is 0 Å². The summed E-state index contributed by atoms with van der Waals surface area (Å²) in [4.78, 5) is 14.7. The fraction of sp³-hybridized carbons (Fsp3) is 0.350. The van der Waals surface area contributed by atoms with E-state index in [2.05, 4.69) is 4.90 Å². The zero-order valence-electron chi connectivity index (χ0n) is 13.3. The predicted molar refractivity (Wildman–Crippen MR) is 91.3 cm³/mol. The van der Waals surface area contributed by atoms with Gasteiger partial charge in [-0.15, -0.1) is 0 Å². The first-order valence-corrected chi connectivity index (χ1v) is 8.28. The molecule has 0 aromatic heterocycles. The lowest BCUT2D eigenvalue weighted by molar-refractivity contribution is 0.0727. The molecule has 0 saturated carbocycles. The van der Waals surface area contributed by atoms with Crippen LogP contribution in [0.2, 0.25) is 0 Å². The maximum Gasteiger partial charge on any atom is 0.166 e. The summed E-state index contributed by atoms with van der Waals surface area (Å²) in [6, 6.07) is 19.3. The van der Waals surface area contributed by atoms with Gasteiger partial charge >= 0.3 is 0 Å². The van der Waals surface area contributed by atoms with Crippen LogP contribution in [-0.2, 0) is 0 Å². The van der Waals surface area contributed by atoms with Crippen LogP contribution < -0.4 is 0 Å². The molecular weight excluding hydrogens is 286 g/mol. The Labute approximate surface area is 137 Å². The van der Waals surface area contributed by atoms with Crippen LogP contribution in [0.25, 0.3) is 0 Å². The number of carbonyl (C=O) groups is 1. The minimum absolute atomic E-state index is 0.113. The minimum atomic E-state index is -0.461. The van der Waals surface area contributed by atoms with Crippen molar-refractivity contribution in [2.75, 3.05) is 19.6 Å². The second kappa shape index (κ2) is 7.53. The number of likely N-dealkylation sites (tertiary alicyclic amines) is 1. The quantitative estimate of drug-likeness (QED) is 0.861. The van der Waals surface area contributed by atoms with Crippen molar-refractivity contribution in [3.8, 4) is 0 Å². The van der Waals surface area contributed by atoms with E-state index in [9.17, 15) is 9.90 Å². The fourth-order valence-corrected chi connectivity index (χ4v) is 3.24. The van der Waals surface area contributed by atoms with E-state index >= 15 is 0 Å². The van der Waals surface area contributed by atoms with E-state index in [1.807, 2.05) is 60.7 Å². The highest BCUT2D eigenvalue weighted by atomic mass is 16.3. The number of ketones is 1. The van der Waals surface area contributed by atoms with Gasteiger partial charge in [0.2, 0.25) is 0 Å². The van der Waals surface area contributed by atoms with Crippen molar-refractivity contribution in [1.82, 2.24) is 4.90 Å². The van der Waals surface area contributed by atoms with Crippen LogP contribution in [0.5, 0.6) is 0 Å². The zero-order valence-corrected chi connectivity index (χ0v) is 13.3. The molecule has 3 rings (SSSR count). The Balaban J connectivity index is 1.52. The lowest BCUT2D eigenvalue weighted by Gasteiger charge is -2.32. The van der Waals surface area contributed by atoms with Gasteiger partial charge in [-0.2, -0.15) is 0 Å². The highest BCUT2D eigenvalue weighted by Gasteiger charge is 2.26. The lowest BCUT2D eigenvalue weighted by atomic mass is 9.88. The van der Waals surface area contributed by atoms with Crippen molar-refractivity contribution in [3.63, 3.8) is 0 Å². The third kappa shape index (κ3) is 4.06. The molecule has 0 radical (unpaired) electrons. The second-order valence-corrected chi connectivity index (χ2v) is 6.23. The molecule has 2 aromatic rings. The number of hydrogen-bond donors (Lipinski definition) is 1. The molecule has 1 saturated heterocycles. The number of β-amino-alcohol motifs (C(OH)–C–C–N with tert-alkyl or cyclic N) is 1. The largest absolute Gasteiger partial charge is 0.387 e. The number of aliphatic hydroxyl groups is 1. The van der Waals surface area contributed by atoms with E-state index in [0.717, 1.165) is 37.1 Å². The molecule has 0 aliphatic carbocycles. The maximum atomic E-state index is 12.5. The van der Waals surface area contributed by atoms with E-state index in [1.165, 1.54) is 0 Å². The zero-order chi connectivity index (χ0) is 16.1. The number of rotatable bonds is 5. The minimum Gasteiger partial charge on any atom is -0.387 e. The fourth-order valence-electron chi connectivity index (χ4n) is 3.24. The number of aliphatic hydroxyl groups excluding tert-OH is 1. The number of hydrogen-bond acceptors (Lipinski definition) is 3. The maximum absolute atomic E-state index is 12.5. The number of nitrogens with zero attached hydrogens (tertiary/aromatic N) is 1. The number of benzene rings is 2. The summed E-state index contributed by atoms with van der Waals surface area (Å²) in [6.45, 7) is 2.37. The van der Waals surface area contributed by atoms with Gasteiger partial charge in [0, 0.05) is 18.0 Å². The molecule has 120 valence electrons. The molecule has 2 aromatic carbocycles. The molecule has 0 spiro atoms. The summed E-state index contributed by atoms with van der Waals surface area (Å²) in [5, 5.41) is 10.3. The van der Waals surface area contributed by atoms with Crippen LogP contribution in [0.3, 0.4) is 0 Å². The van der Waals surface area contributed by atoms with Crippen LogP contribution in [-0.4, -0.2) is 35.4 Å². The summed E-state index contributed by atoms with van der Waals surface area (Å²) < 4.78 is 0. The summed E-state index contributed by atoms with van der Waals surface area (Å²) in [5.41, 5.74) is 1.77. The molecular formula is C20H23NO2. The summed E-state index contributed by atoms with van der Waals surface area (Å²) >= 11 is 0. The van der Waals surface area contributed by atoms with Crippen molar-refractivity contribution in [2.45, 2.75) is 18.9 Å². The van der Waals surface area contributed by atoms with E-state index in [-0.39, 0.29) is 11.7 Å². The molecule has 23 heavy (non-hydrogen) atoms. The van der Waals surface area contributed by atoms with Gasteiger partial charge in [-0.05, 0) is 31.5 Å². The van der Waals surface area contributed by atoms with Crippen LogP contribution >= 0.6 is 0 Å². The standard InChI is InChI=1S/C20H23NO2/c22-19(16-7-3-1-4-8-16)15-21-13-11-18(12-14-21)20(23)17-9-5-2-6-10-17/h1-10,18-19,22H,11-15H2/t19-/m1/s1. The van der Waals surface area contributed by atoms with Crippen molar-refractivity contribution < 1.29 is 9.90 Å². The number of Topliss-reactive ketones (excluding diaryl/α,β-unsaturated/α-hetero) is 1. The van der Waals surface area contributed by atoms with Crippen LogP contribution in [0.15, 0.2) is 60.7 Å². The van der Waals surface area contributed by atoms with E-state index < -0.39 is 6.10 Å².